The number of nitrogens with zero attached hydrogens (tertiary/aromatic N) is 2. The SMILES string of the molecule is CCn1c(=O)n(C2CCNCC2)c(=O)c2cc(C)ccc21. The summed E-state index contributed by atoms with van der Waals surface area (Å²) in [6.07, 6.45) is 1.66. The molecule has 0 atom stereocenters. The van der Waals surface area contributed by atoms with Gasteiger partial charge in [-0.1, -0.05) is 11.6 Å². The summed E-state index contributed by atoms with van der Waals surface area (Å²) < 4.78 is 3.18. The van der Waals surface area contributed by atoms with Crippen molar-refractivity contribution in [3.8, 4) is 0 Å². The van der Waals surface area contributed by atoms with Gasteiger partial charge in [0.05, 0.1) is 10.9 Å². The minimum absolute atomic E-state index is 0.00830. The Morgan fingerprint density at radius 3 is 2.62 bits per heavy atom. The highest BCUT2D eigenvalue weighted by atomic mass is 16.2. The van der Waals surface area contributed by atoms with Crippen molar-refractivity contribution in [1.29, 1.82) is 0 Å². The van der Waals surface area contributed by atoms with Gasteiger partial charge in [0.2, 0.25) is 0 Å². The number of fused-ring (bicyclic) bond motifs is 1. The highest BCUT2D eigenvalue weighted by Gasteiger charge is 2.21. The first kappa shape index (κ1) is 14.1. The van der Waals surface area contributed by atoms with Crippen molar-refractivity contribution in [2.75, 3.05) is 13.1 Å². The van der Waals surface area contributed by atoms with Crippen molar-refractivity contribution in [2.24, 2.45) is 0 Å². The molecule has 21 heavy (non-hydrogen) atoms. The largest absolute Gasteiger partial charge is 0.331 e. The Hall–Kier alpha value is -1.88. The molecular formula is C16H21N3O2. The second-order valence-electron chi connectivity index (χ2n) is 5.70. The van der Waals surface area contributed by atoms with E-state index in [-0.39, 0.29) is 17.3 Å². The molecule has 1 saturated heterocycles. The van der Waals surface area contributed by atoms with E-state index in [0.29, 0.717) is 11.9 Å². The van der Waals surface area contributed by atoms with E-state index in [1.807, 2.05) is 32.0 Å². The maximum atomic E-state index is 12.8. The summed E-state index contributed by atoms with van der Waals surface area (Å²) in [7, 11) is 0. The van der Waals surface area contributed by atoms with Crippen LogP contribution < -0.4 is 16.6 Å². The van der Waals surface area contributed by atoms with E-state index in [1.165, 1.54) is 4.57 Å². The van der Waals surface area contributed by atoms with Gasteiger partial charge < -0.3 is 5.32 Å². The lowest BCUT2D eigenvalue weighted by Crippen LogP contribution is -2.45. The first-order chi connectivity index (χ1) is 10.1. The lowest BCUT2D eigenvalue weighted by molar-refractivity contribution is 0.346. The second-order valence-corrected chi connectivity index (χ2v) is 5.70. The fraction of sp³-hybridized carbons (Fsp3) is 0.500. The van der Waals surface area contributed by atoms with Crippen molar-refractivity contribution in [1.82, 2.24) is 14.5 Å². The van der Waals surface area contributed by atoms with Gasteiger partial charge in [0.15, 0.2) is 0 Å². The van der Waals surface area contributed by atoms with Crippen LogP contribution in [-0.4, -0.2) is 22.2 Å². The van der Waals surface area contributed by atoms with Gasteiger partial charge in [-0.15, -0.1) is 0 Å². The number of rotatable bonds is 2. The Morgan fingerprint density at radius 1 is 1.24 bits per heavy atom. The van der Waals surface area contributed by atoms with Crippen molar-refractivity contribution in [3.05, 3.63) is 44.6 Å². The molecule has 0 aliphatic carbocycles. The molecule has 0 unspecified atom stereocenters. The van der Waals surface area contributed by atoms with Gasteiger partial charge in [0.1, 0.15) is 0 Å². The van der Waals surface area contributed by atoms with Crippen LogP contribution in [0.1, 0.15) is 31.4 Å². The molecule has 1 N–H and O–H groups in total. The summed E-state index contributed by atoms with van der Waals surface area (Å²) >= 11 is 0. The molecule has 1 aromatic heterocycles. The summed E-state index contributed by atoms with van der Waals surface area (Å²) in [5.41, 5.74) is 1.46. The number of benzene rings is 1. The third-order valence-electron chi connectivity index (χ3n) is 4.32. The first-order valence-corrected chi connectivity index (χ1v) is 7.60. The summed E-state index contributed by atoms with van der Waals surface area (Å²) in [5.74, 6) is 0. The third-order valence-corrected chi connectivity index (χ3v) is 4.32. The summed E-state index contributed by atoms with van der Waals surface area (Å²) in [5, 5.41) is 3.92. The molecule has 0 saturated carbocycles. The molecule has 3 rings (SSSR count). The van der Waals surface area contributed by atoms with Crippen molar-refractivity contribution in [3.63, 3.8) is 0 Å². The Balaban J connectivity index is 2.33. The maximum absolute atomic E-state index is 12.8. The fourth-order valence-corrected chi connectivity index (χ4v) is 3.20. The van der Waals surface area contributed by atoms with Crippen LogP contribution in [0.25, 0.3) is 10.9 Å². The van der Waals surface area contributed by atoms with E-state index in [1.54, 1.807) is 4.57 Å². The van der Waals surface area contributed by atoms with Crippen LogP contribution in [-0.2, 0) is 6.54 Å². The molecular weight excluding hydrogens is 266 g/mol. The molecule has 1 aromatic carbocycles. The molecule has 0 radical (unpaired) electrons. The Kier molecular flexibility index (Phi) is 3.68. The predicted octanol–water partition coefficient (Wildman–Crippen LogP) is 1.42. The quantitative estimate of drug-likeness (QED) is 0.909. The molecule has 5 nitrogen and oxygen atoms in total. The molecule has 2 heterocycles. The van der Waals surface area contributed by atoms with Gasteiger partial charge in [-0.2, -0.15) is 0 Å². The third kappa shape index (κ3) is 2.31. The fourth-order valence-electron chi connectivity index (χ4n) is 3.20. The minimum atomic E-state index is -0.175. The second kappa shape index (κ2) is 5.48. The molecule has 1 aliphatic heterocycles. The zero-order chi connectivity index (χ0) is 15.0. The zero-order valence-corrected chi connectivity index (χ0v) is 12.6. The van der Waals surface area contributed by atoms with Gasteiger partial charge in [-0.25, -0.2) is 4.79 Å². The predicted molar refractivity (Wildman–Crippen MR) is 84.0 cm³/mol. The molecule has 112 valence electrons. The molecule has 2 aromatic rings. The number of aryl methyl sites for hydroxylation is 2. The van der Waals surface area contributed by atoms with E-state index >= 15 is 0 Å². The zero-order valence-electron chi connectivity index (χ0n) is 12.6. The average Bonchev–Trinajstić information content (AvgIpc) is 2.50. The van der Waals surface area contributed by atoms with Crippen molar-refractivity contribution < 1.29 is 0 Å². The number of hydrogen-bond donors (Lipinski definition) is 1. The standard InChI is InChI=1S/C16H21N3O2/c1-3-18-14-5-4-11(2)10-13(14)15(20)19(16(18)21)12-6-8-17-9-7-12/h4-5,10,12,17H,3,6-9H2,1-2H3. The van der Waals surface area contributed by atoms with E-state index in [9.17, 15) is 9.59 Å². The van der Waals surface area contributed by atoms with Crippen LogP contribution in [0.3, 0.4) is 0 Å². The number of hydrogen-bond acceptors (Lipinski definition) is 3. The van der Waals surface area contributed by atoms with Gasteiger partial charge in [-0.05, 0) is 51.9 Å². The van der Waals surface area contributed by atoms with Crippen LogP contribution in [0, 0.1) is 6.92 Å². The highest BCUT2D eigenvalue weighted by molar-refractivity contribution is 5.78. The van der Waals surface area contributed by atoms with E-state index in [0.717, 1.165) is 37.0 Å². The van der Waals surface area contributed by atoms with Crippen LogP contribution in [0.4, 0.5) is 0 Å². The molecule has 5 heteroatoms. The Labute approximate surface area is 123 Å². The Bertz CT molecular complexity index is 782. The van der Waals surface area contributed by atoms with E-state index < -0.39 is 0 Å². The number of nitrogens with one attached hydrogen (secondary N) is 1. The normalized spacial score (nSPS) is 16.5. The molecule has 1 fully saturated rings. The van der Waals surface area contributed by atoms with Gasteiger partial charge in [-0.3, -0.25) is 13.9 Å². The van der Waals surface area contributed by atoms with Crippen LogP contribution in [0.2, 0.25) is 0 Å². The van der Waals surface area contributed by atoms with Crippen molar-refractivity contribution in [2.45, 2.75) is 39.3 Å². The monoisotopic (exact) mass is 287 g/mol. The summed E-state index contributed by atoms with van der Waals surface area (Å²) in [6, 6.07) is 5.72. The van der Waals surface area contributed by atoms with Crippen LogP contribution >= 0.6 is 0 Å². The Morgan fingerprint density at radius 2 is 1.95 bits per heavy atom. The van der Waals surface area contributed by atoms with Crippen LogP contribution in [0.5, 0.6) is 0 Å². The summed E-state index contributed by atoms with van der Waals surface area (Å²) in [4.78, 5) is 25.5. The lowest BCUT2D eigenvalue weighted by Gasteiger charge is -2.25. The molecule has 0 bridgehead atoms. The molecule has 1 aliphatic rings. The van der Waals surface area contributed by atoms with E-state index in [4.69, 9.17) is 0 Å². The van der Waals surface area contributed by atoms with Crippen molar-refractivity contribution >= 4 is 10.9 Å². The van der Waals surface area contributed by atoms with Gasteiger partial charge in [0.25, 0.3) is 5.56 Å². The average molecular weight is 287 g/mol. The molecule has 0 amide bonds. The van der Waals surface area contributed by atoms with Gasteiger partial charge >= 0.3 is 5.69 Å². The van der Waals surface area contributed by atoms with E-state index in [2.05, 4.69) is 5.32 Å². The minimum Gasteiger partial charge on any atom is -0.317 e. The number of aromatic nitrogens is 2. The smallest absolute Gasteiger partial charge is 0.317 e. The highest BCUT2D eigenvalue weighted by Crippen LogP contribution is 2.17. The van der Waals surface area contributed by atoms with Crippen LogP contribution in [0.15, 0.2) is 27.8 Å². The number of piperidine rings is 1. The molecule has 0 spiro atoms. The topological polar surface area (TPSA) is 56.0 Å². The summed E-state index contributed by atoms with van der Waals surface area (Å²) in [6.45, 7) is 6.19. The lowest BCUT2D eigenvalue weighted by atomic mass is 10.1. The van der Waals surface area contributed by atoms with Gasteiger partial charge in [0, 0.05) is 12.6 Å². The maximum Gasteiger partial charge on any atom is 0.331 e. The first-order valence-electron chi connectivity index (χ1n) is 7.60.